The Kier molecular flexibility index (Phi) is 8.44. The van der Waals surface area contributed by atoms with E-state index in [-0.39, 0.29) is 18.7 Å². The zero-order valence-corrected chi connectivity index (χ0v) is 17.2. The predicted molar refractivity (Wildman–Crippen MR) is 108 cm³/mol. The van der Waals surface area contributed by atoms with Gasteiger partial charge in [-0.1, -0.05) is 24.3 Å². The minimum absolute atomic E-state index is 0.0566. The summed E-state index contributed by atoms with van der Waals surface area (Å²) in [6.07, 6.45) is -5.46. The summed E-state index contributed by atoms with van der Waals surface area (Å²) in [6.45, 7) is 2.07. The van der Waals surface area contributed by atoms with E-state index < -0.39 is 29.9 Å². The smallest absolute Gasteiger partial charge is 0.416 e. The minimum Gasteiger partial charge on any atom is -0.479 e. The lowest BCUT2D eigenvalue weighted by Crippen LogP contribution is -2.27. The van der Waals surface area contributed by atoms with Crippen LogP contribution >= 0.6 is 0 Å². The van der Waals surface area contributed by atoms with Crippen LogP contribution in [0.3, 0.4) is 0 Å². The van der Waals surface area contributed by atoms with Gasteiger partial charge in [0.1, 0.15) is 0 Å². The molecule has 6 nitrogen and oxygen atoms in total. The second kappa shape index (κ2) is 10.8. The number of rotatable bonds is 9. The Bertz CT molecular complexity index is 883. The molecule has 0 fully saturated rings. The van der Waals surface area contributed by atoms with Crippen LogP contribution in [-0.2, 0) is 33.3 Å². The van der Waals surface area contributed by atoms with E-state index in [9.17, 15) is 27.9 Å². The van der Waals surface area contributed by atoms with Crippen LogP contribution in [0.4, 0.5) is 23.7 Å². The highest BCUT2D eigenvalue weighted by atomic mass is 19.4. The monoisotopic (exact) mass is 439 g/mol. The Labute approximate surface area is 178 Å². The molecule has 0 saturated heterocycles. The number of hydrogen-bond donors (Lipinski definition) is 1. The number of carbonyl (C=O) groups excluding carboxylic acids is 1. The van der Waals surface area contributed by atoms with Crippen LogP contribution in [0, 0.1) is 0 Å². The molecule has 2 aromatic carbocycles. The van der Waals surface area contributed by atoms with Crippen LogP contribution in [0.5, 0.6) is 0 Å². The molecule has 2 aromatic rings. The molecule has 0 saturated carbocycles. The largest absolute Gasteiger partial charge is 0.479 e. The molecule has 0 aromatic heterocycles. The van der Waals surface area contributed by atoms with Gasteiger partial charge in [-0.3, -0.25) is 4.90 Å². The summed E-state index contributed by atoms with van der Waals surface area (Å²) in [5.41, 5.74) is 1.11. The Morgan fingerprint density at radius 3 is 2.32 bits per heavy atom. The summed E-state index contributed by atoms with van der Waals surface area (Å²) < 4.78 is 48.3. The molecule has 0 aliphatic heterocycles. The van der Waals surface area contributed by atoms with Crippen molar-refractivity contribution in [3.05, 3.63) is 65.2 Å². The van der Waals surface area contributed by atoms with Crippen molar-refractivity contribution in [2.24, 2.45) is 0 Å². The lowest BCUT2D eigenvalue weighted by atomic mass is 10.0. The van der Waals surface area contributed by atoms with Gasteiger partial charge in [0.15, 0.2) is 6.10 Å². The number of ether oxygens (including phenoxy) is 2. The molecule has 1 N–H and O–H groups in total. The van der Waals surface area contributed by atoms with Crippen LogP contribution in [0.2, 0.25) is 0 Å². The zero-order chi connectivity index (χ0) is 23.0. The van der Waals surface area contributed by atoms with Crippen molar-refractivity contribution in [3.63, 3.8) is 0 Å². The highest BCUT2D eigenvalue weighted by Crippen LogP contribution is 2.30. The first-order valence-electron chi connectivity index (χ1n) is 9.61. The van der Waals surface area contributed by atoms with Crippen molar-refractivity contribution >= 4 is 17.7 Å². The first-order valence-corrected chi connectivity index (χ1v) is 9.61. The molecule has 0 heterocycles. The van der Waals surface area contributed by atoms with E-state index in [4.69, 9.17) is 9.47 Å². The van der Waals surface area contributed by atoms with Crippen LogP contribution in [0.25, 0.3) is 0 Å². The van der Waals surface area contributed by atoms with E-state index in [1.165, 1.54) is 19.2 Å². The number of aliphatic carboxylic acids is 1. The number of anilines is 1. The van der Waals surface area contributed by atoms with Gasteiger partial charge in [-0.25, -0.2) is 9.59 Å². The van der Waals surface area contributed by atoms with E-state index >= 15 is 0 Å². The maximum atomic E-state index is 12.6. The van der Waals surface area contributed by atoms with E-state index in [1.807, 2.05) is 12.1 Å². The van der Waals surface area contributed by atoms with Crippen molar-refractivity contribution in [2.45, 2.75) is 32.0 Å². The second-order valence-electron chi connectivity index (χ2n) is 6.77. The van der Waals surface area contributed by atoms with Gasteiger partial charge >= 0.3 is 18.2 Å². The predicted octanol–water partition coefficient (Wildman–Crippen LogP) is 4.55. The molecule has 1 amide bonds. The van der Waals surface area contributed by atoms with Gasteiger partial charge in [0.05, 0.1) is 12.2 Å². The summed E-state index contributed by atoms with van der Waals surface area (Å²) in [4.78, 5) is 24.5. The quantitative estimate of drug-likeness (QED) is 0.620. The van der Waals surface area contributed by atoms with E-state index in [2.05, 4.69) is 0 Å². The fourth-order valence-corrected chi connectivity index (χ4v) is 2.88. The fraction of sp³-hybridized carbons (Fsp3) is 0.364. The fourth-order valence-electron chi connectivity index (χ4n) is 2.88. The van der Waals surface area contributed by atoms with E-state index in [0.29, 0.717) is 13.0 Å². The standard InChI is InChI=1S/C22H24F3NO5/c1-3-30-19(20(27)28)14-16-6-4-5-15(13-16)11-12-31-21(29)26(2)18-9-7-17(8-10-18)22(23,24)25/h4-10,13,19H,3,11-12,14H2,1-2H3,(H,27,28). The number of alkyl halides is 3. The Morgan fingerprint density at radius 2 is 1.74 bits per heavy atom. The van der Waals surface area contributed by atoms with Gasteiger partial charge in [-0.05, 0) is 42.3 Å². The first-order chi connectivity index (χ1) is 14.6. The minimum atomic E-state index is -4.45. The van der Waals surface area contributed by atoms with Gasteiger partial charge in [0.25, 0.3) is 0 Å². The molecule has 0 aliphatic carbocycles. The second-order valence-corrected chi connectivity index (χ2v) is 6.77. The molecular formula is C22H24F3NO5. The Balaban J connectivity index is 1.89. The third-order valence-electron chi connectivity index (χ3n) is 4.53. The number of carboxylic acid groups (broad SMARTS) is 1. The molecule has 1 atom stereocenters. The van der Waals surface area contributed by atoms with Gasteiger partial charge < -0.3 is 14.6 Å². The summed E-state index contributed by atoms with van der Waals surface area (Å²) in [5, 5.41) is 9.20. The van der Waals surface area contributed by atoms with Crippen molar-refractivity contribution in [2.75, 3.05) is 25.2 Å². The average Bonchev–Trinajstić information content (AvgIpc) is 2.72. The summed E-state index contributed by atoms with van der Waals surface area (Å²) >= 11 is 0. The molecule has 1 unspecified atom stereocenters. The average molecular weight is 439 g/mol. The lowest BCUT2D eigenvalue weighted by molar-refractivity contribution is -0.150. The molecule has 0 spiro atoms. The lowest BCUT2D eigenvalue weighted by Gasteiger charge is -2.18. The maximum absolute atomic E-state index is 12.6. The number of benzene rings is 2. The summed E-state index contributed by atoms with van der Waals surface area (Å²) in [7, 11) is 1.41. The molecule has 0 bridgehead atoms. The van der Waals surface area contributed by atoms with Gasteiger partial charge in [0.2, 0.25) is 0 Å². The molecule has 0 radical (unpaired) electrons. The highest BCUT2D eigenvalue weighted by Gasteiger charge is 2.30. The number of halogens is 3. The van der Waals surface area contributed by atoms with Crippen LogP contribution in [0.15, 0.2) is 48.5 Å². The normalized spacial score (nSPS) is 12.3. The number of hydrogen-bond acceptors (Lipinski definition) is 4. The van der Waals surface area contributed by atoms with Gasteiger partial charge in [0, 0.05) is 32.2 Å². The molecule has 168 valence electrons. The van der Waals surface area contributed by atoms with Crippen molar-refractivity contribution in [1.29, 1.82) is 0 Å². The number of carbonyl (C=O) groups is 2. The molecule has 9 heteroatoms. The topological polar surface area (TPSA) is 76.1 Å². The maximum Gasteiger partial charge on any atom is 0.416 e. The molecule has 2 rings (SSSR count). The van der Waals surface area contributed by atoms with E-state index in [0.717, 1.165) is 28.2 Å². The zero-order valence-electron chi connectivity index (χ0n) is 17.2. The van der Waals surface area contributed by atoms with Crippen molar-refractivity contribution < 1.29 is 37.3 Å². The van der Waals surface area contributed by atoms with E-state index in [1.54, 1.807) is 19.1 Å². The Hall–Kier alpha value is -3.07. The third-order valence-corrected chi connectivity index (χ3v) is 4.53. The van der Waals surface area contributed by atoms with Crippen molar-refractivity contribution in [1.82, 2.24) is 0 Å². The van der Waals surface area contributed by atoms with Gasteiger partial charge in [-0.2, -0.15) is 13.2 Å². The summed E-state index contributed by atoms with van der Waals surface area (Å²) in [6, 6.07) is 11.4. The van der Waals surface area contributed by atoms with Crippen LogP contribution in [0.1, 0.15) is 23.6 Å². The van der Waals surface area contributed by atoms with Gasteiger partial charge in [-0.15, -0.1) is 0 Å². The van der Waals surface area contributed by atoms with Crippen LogP contribution < -0.4 is 4.90 Å². The van der Waals surface area contributed by atoms with Crippen molar-refractivity contribution in [3.8, 4) is 0 Å². The van der Waals surface area contributed by atoms with Crippen LogP contribution in [-0.4, -0.2) is 43.5 Å². The molecule has 31 heavy (non-hydrogen) atoms. The third kappa shape index (κ3) is 7.29. The number of amides is 1. The first kappa shape index (κ1) is 24.2. The number of nitrogens with zero attached hydrogens (tertiary/aromatic N) is 1. The summed E-state index contributed by atoms with van der Waals surface area (Å²) in [5.74, 6) is -1.03. The SMILES string of the molecule is CCOC(Cc1cccc(CCOC(=O)N(C)c2ccc(C(F)(F)F)cc2)c1)C(=O)O. The molecular weight excluding hydrogens is 415 g/mol. The molecule has 0 aliphatic rings. The highest BCUT2D eigenvalue weighted by molar-refractivity contribution is 5.86. The number of carboxylic acids is 1. The Morgan fingerprint density at radius 1 is 1.10 bits per heavy atom.